The van der Waals surface area contributed by atoms with Crippen molar-refractivity contribution in [2.75, 3.05) is 11.9 Å². The number of hydrogen-bond donors (Lipinski definition) is 1. The van der Waals surface area contributed by atoms with Gasteiger partial charge in [-0.1, -0.05) is 0 Å². The van der Waals surface area contributed by atoms with Crippen LogP contribution in [0, 0.1) is 3.57 Å². The van der Waals surface area contributed by atoms with Crippen molar-refractivity contribution in [3.63, 3.8) is 0 Å². The average molecular weight is 421 g/mol. The lowest BCUT2D eigenvalue weighted by Gasteiger charge is -2.08. The molecule has 0 saturated heterocycles. The zero-order valence-electron chi connectivity index (χ0n) is 11.9. The van der Waals surface area contributed by atoms with Crippen molar-refractivity contribution >= 4 is 34.2 Å². The van der Waals surface area contributed by atoms with Crippen LogP contribution in [0.4, 0.5) is 5.69 Å². The molecule has 3 rings (SSSR count). The molecular formula is C15H12IN5O2. The molecule has 7 nitrogen and oxygen atoms in total. The number of nitrogens with one attached hydrogen (secondary N) is 1. The third-order valence-corrected chi connectivity index (χ3v) is 3.67. The number of rotatable bonds is 5. The van der Waals surface area contributed by atoms with Crippen LogP contribution in [0.3, 0.4) is 0 Å². The van der Waals surface area contributed by atoms with E-state index in [1.54, 1.807) is 12.1 Å². The number of anilines is 1. The Morgan fingerprint density at radius 2 is 1.87 bits per heavy atom. The summed E-state index contributed by atoms with van der Waals surface area (Å²) in [6.07, 6.45) is 1.50. The molecule has 0 aliphatic rings. The van der Waals surface area contributed by atoms with Gasteiger partial charge in [0.25, 0.3) is 5.91 Å². The number of tetrazole rings is 1. The lowest BCUT2D eigenvalue weighted by Crippen LogP contribution is -2.20. The highest BCUT2D eigenvalue weighted by atomic mass is 127. The molecule has 1 amide bonds. The van der Waals surface area contributed by atoms with E-state index in [-0.39, 0.29) is 12.5 Å². The molecule has 0 fully saturated rings. The van der Waals surface area contributed by atoms with Crippen LogP contribution in [-0.4, -0.2) is 32.7 Å². The molecule has 23 heavy (non-hydrogen) atoms. The smallest absolute Gasteiger partial charge is 0.262 e. The molecule has 8 heteroatoms. The van der Waals surface area contributed by atoms with Crippen LogP contribution in [0.1, 0.15) is 0 Å². The van der Waals surface area contributed by atoms with Gasteiger partial charge in [0.1, 0.15) is 12.1 Å². The van der Waals surface area contributed by atoms with Gasteiger partial charge >= 0.3 is 0 Å². The summed E-state index contributed by atoms with van der Waals surface area (Å²) in [5.41, 5.74) is 1.49. The number of halogens is 1. The summed E-state index contributed by atoms with van der Waals surface area (Å²) in [6, 6.07) is 14.7. The summed E-state index contributed by atoms with van der Waals surface area (Å²) in [7, 11) is 0. The quantitative estimate of drug-likeness (QED) is 0.640. The van der Waals surface area contributed by atoms with E-state index in [4.69, 9.17) is 4.74 Å². The zero-order chi connectivity index (χ0) is 16.1. The van der Waals surface area contributed by atoms with E-state index in [0.29, 0.717) is 11.4 Å². The van der Waals surface area contributed by atoms with E-state index in [0.717, 1.165) is 9.26 Å². The number of hydrogen-bond acceptors (Lipinski definition) is 5. The molecule has 1 heterocycles. The predicted octanol–water partition coefficient (Wildman–Crippen LogP) is 2.28. The summed E-state index contributed by atoms with van der Waals surface area (Å²) < 4.78 is 8.08. The first-order valence-corrected chi connectivity index (χ1v) is 7.80. The predicted molar refractivity (Wildman–Crippen MR) is 92.4 cm³/mol. The van der Waals surface area contributed by atoms with Crippen molar-refractivity contribution in [1.29, 1.82) is 0 Å². The van der Waals surface area contributed by atoms with Crippen LogP contribution >= 0.6 is 22.6 Å². The van der Waals surface area contributed by atoms with Crippen LogP contribution in [0.15, 0.2) is 54.9 Å². The van der Waals surface area contributed by atoms with Gasteiger partial charge in [-0.25, -0.2) is 4.68 Å². The highest BCUT2D eigenvalue weighted by molar-refractivity contribution is 14.1. The molecule has 1 aromatic heterocycles. The fourth-order valence-corrected chi connectivity index (χ4v) is 2.21. The SMILES string of the molecule is O=C(COc1ccc(I)cc1)Nc1ccc(-n2cnnn2)cc1. The van der Waals surface area contributed by atoms with E-state index in [1.165, 1.54) is 11.0 Å². The second-order valence-corrected chi connectivity index (χ2v) is 5.84. The number of nitrogens with zero attached hydrogens (tertiary/aromatic N) is 4. The minimum absolute atomic E-state index is 0.0463. The number of benzene rings is 2. The lowest BCUT2D eigenvalue weighted by atomic mass is 10.3. The number of carbonyl (C=O) groups is 1. The van der Waals surface area contributed by atoms with E-state index < -0.39 is 0 Å². The number of amides is 1. The van der Waals surface area contributed by atoms with Crippen LogP contribution in [0.2, 0.25) is 0 Å². The Morgan fingerprint density at radius 3 is 2.52 bits per heavy atom. The maximum Gasteiger partial charge on any atom is 0.262 e. The van der Waals surface area contributed by atoms with Crippen LogP contribution in [-0.2, 0) is 4.79 Å². The Bertz CT molecular complexity index is 773. The summed E-state index contributed by atoms with van der Waals surface area (Å²) in [5, 5.41) is 13.7. The first-order chi connectivity index (χ1) is 11.2. The molecule has 0 aliphatic carbocycles. The van der Waals surface area contributed by atoms with Gasteiger partial charge in [-0.05, 0) is 81.5 Å². The topological polar surface area (TPSA) is 81.9 Å². The molecule has 2 aromatic carbocycles. The first kappa shape index (κ1) is 15.4. The maximum atomic E-state index is 11.9. The summed E-state index contributed by atoms with van der Waals surface area (Å²) in [4.78, 5) is 11.9. The molecule has 0 saturated carbocycles. The summed E-state index contributed by atoms with van der Waals surface area (Å²) in [6.45, 7) is -0.0463. The molecule has 116 valence electrons. The number of carbonyl (C=O) groups excluding carboxylic acids is 1. The Morgan fingerprint density at radius 1 is 1.13 bits per heavy atom. The molecule has 0 unspecified atom stereocenters. The van der Waals surface area contributed by atoms with Crippen molar-refractivity contribution in [3.05, 3.63) is 58.4 Å². The standard InChI is InChI=1S/C15H12IN5O2/c16-11-1-7-14(8-2-11)23-9-15(22)18-12-3-5-13(6-4-12)21-10-17-19-20-21/h1-8,10H,9H2,(H,18,22). The molecule has 0 bridgehead atoms. The third-order valence-electron chi connectivity index (χ3n) is 2.95. The minimum atomic E-state index is -0.223. The van der Waals surface area contributed by atoms with Crippen LogP contribution in [0.25, 0.3) is 5.69 Å². The highest BCUT2D eigenvalue weighted by Crippen LogP contribution is 2.14. The molecule has 0 aliphatic heterocycles. The Kier molecular flexibility index (Phi) is 4.81. The van der Waals surface area contributed by atoms with Gasteiger partial charge in [-0.3, -0.25) is 4.79 Å². The van der Waals surface area contributed by atoms with Crippen LogP contribution < -0.4 is 10.1 Å². The second-order valence-electron chi connectivity index (χ2n) is 4.59. The van der Waals surface area contributed by atoms with E-state index in [2.05, 4.69) is 43.4 Å². The van der Waals surface area contributed by atoms with Gasteiger partial charge < -0.3 is 10.1 Å². The molecule has 0 atom stereocenters. The molecule has 0 spiro atoms. The van der Waals surface area contributed by atoms with E-state index in [9.17, 15) is 4.79 Å². The van der Waals surface area contributed by atoms with Gasteiger partial charge in [0.2, 0.25) is 0 Å². The largest absolute Gasteiger partial charge is 0.484 e. The zero-order valence-corrected chi connectivity index (χ0v) is 14.0. The normalized spacial score (nSPS) is 10.3. The van der Waals surface area contributed by atoms with E-state index >= 15 is 0 Å². The average Bonchev–Trinajstić information content (AvgIpc) is 3.09. The highest BCUT2D eigenvalue weighted by Gasteiger charge is 2.05. The molecule has 1 N–H and O–H groups in total. The van der Waals surface area contributed by atoms with Crippen molar-refractivity contribution in [3.8, 4) is 11.4 Å². The molecular weight excluding hydrogens is 409 g/mol. The van der Waals surface area contributed by atoms with Gasteiger partial charge in [0.05, 0.1) is 5.69 Å². The Balaban J connectivity index is 1.54. The van der Waals surface area contributed by atoms with E-state index in [1.807, 2.05) is 36.4 Å². The number of aromatic nitrogens is 4. The lowest BCUT2D eigenvalue weighted by molar-refractivity contribution is -0.118. The Hall–Kier alpha value is -2.49. The summed E-state index contributed by atoms with van der Waals surface area (Å²) in [5.74, 6) is 0.438. The van der Waals surface area contributed by atoms with Crippen LogP contribution in [0.5, 0.6) is 5.75 Å². The van der Waals surface area contributed by atoms with Gasteiger partial charge in [0.15, 0.2) is 6.61 Å². The van der Waals surface area contributed by atoms with Gasteiger partial charge in [-0.15, -0.1) is 5.10 Å². The fraction of sp³-hybridized carbons (Fsp3) is 0.0667. The molecule has 3 aromatic rings. The second kappa shape index (κ2) is 7.18. The fourth-order valence-electron chi connectivity index (χ4n) is 1.85. The first-order valence-electron chi connectivity index (χ1n) is 6.72. The molecule has 0 radical (unpaired) electrons. The minimum Gasteiger partial charge on any atom is -0.484 e. The van der Waals surface area contributed by atoms with Gasteiger partial charge in [-0.2, -0.15) is 0 Å². The third kappa shape index (κ3) is 4.25. The maximum absolute atomic E-state index is 11.9. The summed E-state index contributed by atoms with van der Waals surface area (Å²) >= 11 is 2.21. The van der Waals surface area contributed by atoms with Gasteiger partial charge in [0, 0.05) is 9.26 Å². The van der Waals surface area contributed by atoms with Crippen molar-refractivity contribution < 1.29 is 9.53 Å². The Labute approximate surface area is 145 Å². The number of ether oxygens (including phenoxy) is 1. The van der Waals surface area contributed by atoms with Crippen molar-refractivity contribution in [2.24, 2.45) is 0 Å². The van der Waals surface area contributed by atoms with Crippen molar-refractivity contribution in [1.82, 2.24) is 20.2 Å². The monoisotopic (exact) mass is 421 g/mol. The van der Waals surface area contributed by atoms with Crippen molar-refractivity contribution in [2.45, 2.75) is 0 Å².